The van der Waals surface area contributed by atoms with Gasteiger partial charge in [0.1, 0.15) is 11.5 Å². The Morgan fingerprint density at radius 3 is 3.04 bits per heavy atom. The second-order valence-electron chi connectivity index (χ2n) is 6.45. The molecule has 1 aliphatic rings. The number of imidazole rings is 1. The summed E-state index contributed by atoms with van der Waals surface area (Å²) in [5.74, 6) is 0.574. The highest BCUT2D eigenvalue weighted by atomic mass is 35.5. The zero-order valence-corrected chi connectivity index (χ0v) is 14.7. The highest BCUT2D eigenvalue weighted by Gasteiger charge is 2.32. The van der Waals surface area contributed by atoms with Crippen LogP contribution in [0.15, 0.2) is 24.3 Å². The van der Waals surface area contributed by atoms with E-state index in [1.807, 2.05) is 30.0 Å². The van der Waals surface area contributed by atoms with E-state index in [9.17, 15) is 9.90 Å². The van der Waals surface area contributed by atoms with Gasteiger partial charge in [0.2, 0.25) is 0 Å². The smallest absolute Gasteiger partial charge is 0.274 e. The summed E-state index contributed by atoms with van der Waals surface area (Å²) in [5, 5.41) is 10.3. The molecule has 5 nitrogen and oxygen atoms in total. The lowest BCUT2D eigenvalue weighted by Gasteiger charge is -2.25. The number of benzene rings is 1. The SMILES string of the molecule is Cc1[nH]c(-c2cccc(Cl)c2)nc1C(=O)N1CCCC1CC(C)O. The molecule has 0 radical (unpaired) electrons. The minimum Gasteiger partial charge on any atom is -0.393 e. The van der Waals surface area contributed by atoms with Gasteiger partial charge in [0.25, 0.3) is 5.91 Å². The summed E-state index contributed by atoms with van der Waals surface area (Å²) in [6.45, 7) is 4.33. The number of likely N-dealkylation sites (tertiary alicyclic amines) is 1. The Kier molecular flexibility index (Phi) is 4.92. The quantitative estimate of drug-likeness (QED) is 0.890. The molecule has 128 valence electrons. The van der Waals surface area contributed by atoms with Crippen molar-refractivity contribution < 1.29 is 9.90 Å². The number of H-pyrrole nitrogens is 1. The van der Waals surface area contributed by atoms with Crippen molar-refractivity contribution in [3.8, 4) is 11.4 Å². The van der Waals surface area contributed by atoms with Crippen molar-refractivity contribution in [3.05, 3.63) is 40.7 Å². The van der Waals surface area contributed by atoms with Crippen LogP contribution in [0.3, 0.4) is 0 Å². The first-order valence-corrected chi connectivity index (χ1v) is 8.65. The van der Waals surface area contributed by atoms with Crippen LogP contribution in [0.25, 0.3) is 11.4 Å². The first-order valence-electron chi connectivity index (χ1n) is 8.27. The number of aromatic nitrogens is 2. The molecule has 6 heteroatoms. The van der Waals surface area contributed by atoms with Crippen LogP contribution in [0.1, 0.15) is 42.4 Å². The van der Waals surface area contributed by atoms with Gasteiger partial charge in [0.05, 0.1) is 6.10 Å². The van der Waals surface area contributed by atoms with Crippen LogP contribution in [0.5, 0.6) is 0 Å². The molecular formula is C18H22ClN3O2. The van der Waals surface area contributed by atoms with E-state index in [0.717, 1.165) is 30.6 Å². The molecule has 1 aromatic carbocycles. The number of halogens is 1. The van der Waals surface area contributed by atoms with Crippen molar-refractivity contribution in [1.29, 1.82) is 0 Å². The first-order chi connectivity index (χ1) is 11.5. The van der Waals surface area contributed by atoms with Crippen molar-refractivity contribution >= 4 is 17.5 Å². The summed E-state index contributed by atoms with van der Waals surface area (Å²) in [4.78, 5) is 22.4. The van der Waals surface area contributed by atoms with Crippen LogP contribution < -0.4 is 0 Å². The van der Waals surface area contributed by atoms with Crippen LogP contribution in [0, 0.1) is 6.92 Å². The fourth-order valence-electron chi connectivity index (χ4n) is 3.32. The molecule has 0 aliphatic carbocycles. The Morgan fingerprint density at radius 2 is 2.33 bits per heavy atom. The van der Waals surface area contributed by atoms with Gasteiger partial charge in [-0.15, -0.1) is 0 Å². The number of amides is 1. The van der Waals surface area contributed by atoms with Crippen molar-refractivity contribution in [3.63, 3.8) is 0 Å². The number of aromatic amines is 1. The third kappa shape index (κ3) is 3.47. The van der Waals surface area contributed by atoms with Gasteiger partial charge in [-0.2, -0.15) is 0 Å². The molecular weight excluding hydrogens is 326 g/mol. The predicted octanol–water partition coefficient (Wildman–Crippen LogP) is 3.41. The summed E-state index contributed by atoms with van der Waals surface area (Å²) < 4.78 is 0. The molecule has 2 N–H and O–H groups in total. The molecule has 1 aliphatic heterocycles. The minimum absolute atomic E-state index is 0.0693. The third-order valence-corrected chi connectivity index (χ3v) is 4.67. The molecule has 2 aromatic rings. The minimum atomic E-state index is -0.411. The van der Waals surface area contributed by atoms with Crippen molar-refractivity contribution in [2.24, 2.45) is 0 Å². The van der Waals surface area contributed by atoms with Gasteiger partial charge in [0, 0.05) is 28.9 Å². The molecule has 0 spiro atoms. The number of rotatable bonds is 4. The molecule has 2 unspecified atom stereocenters. The normalized spacial score (nSPS) is 18.8. The van der Waals surface area contributed by atoms with Crippen molar-refractivity contribution in [2.75, 3.05) is 6.54 Å². The summed E-state index contributed by atoms with van der Waals surface area (Å²) in [6, 6.07) is 7.47. The lowest BCUT2D eigenvalue weighted by atomic mass is 10.1. The number of aliphatic hydroxyl groups excluding tert-OH is 1. The maximum absolute atomic E-state index is 12.9. The fraction of sp³-hybridized carbons (Fsp3) is 0.444. The van der Waals surface area contributed by atoms with Gasteiger partial charge in [0.15, 0.2) is 0 Å². The Morgan fingerprint density at radius 1 is 1.54 bits per heavy atom. The summed E-state index contributed by atoms with van der Waals surface area (Å²) in [6.07, 6.45) is 2.09. The number of nitrogens with one attached hydrogen (secondary N) is 1. The molecule has 24 heavy (non-hydrogen) atoms. The maximum Gasteiger partial charge on any atom is 0.274 e. The van der Waals surface area contributed by atoms with Crippen molar-refractivity contribution in [1.82, 2.24) is 14.9 Å². The van der Waals surface area contributed by atoms with E-state index >= 15 is 0 Å². The number of carbonyl (C=O) groups excluding carboxylic acids is 1. The Balaban J connectivity index is 1.85. The van der Waals surface area contributed by atoms with Gasteiger partial charge >= 0.3 is 0 Å². The van der Waals surface area contributed by atoms with Gasteiger partial charge in [-0.3, -0.25) is 4.79 Å². The topological polar surface area (TPSA) is 69.2 Å². The van der Waals surface area contributed by atoms with E-state index in [1.165, 1.54) is 0 Å². The van der Waals surface area contributed by atoms with E-state index in [2.05, 4.69) is 9.97 Å². The van der Waals surface area contributed by atoms with Gasteiger partial charge in [-0.05, 0) is 45.2 Å². The molecule has 1 amide bonds. The van der Waals surface area contributed by atoms with E-state index < -0.39 is 6.10 Å². The van der Waals surface area contributed by atoms with Crippen LogP contribution >= 0.6 is 11.6 Å². The predicted molar refractivity (Wildman–Crippen MR) is 94.1 cm³/mol. The van der Waals surface area contributed by atoms with Crippen LogP contribution in [0.2, 0.25) is 5.02 Å². The molecule has 1 saturated heterocycles. The summed E-state index contributed by atoms with van der Waals surface area (Å²) >= 11 is 6.03. The summed E-state index contributed by atoms with van der Waals surface area (Å²) in [7, 11) is 0. The van der Waals surface area contributed by atoms with E-state index in [4.69, 9.17) is 11.6 Å². The Hall–Kier alpha value is -1.85. The second kappa shape index (κ2) is 6.95. The molecule has 2 atom stereocenters. The highest BCUT2D eigenvalue weighted by molar-refractivity contribution is 6.30. The standard InChI is InChI=1S/C18H22ClN3O2/c1-11(23)9-15-7-4-8-22(15)18(24)16-12(2)20-17(21-16)13-5-3-6-14(19)10-13/h3,5-6,10-11,15,23H,4,7-9H2,1-2H3,(H,20,21). The van der Waals surface area contributed by atoms with E-state index in [1.54, 1.807) is 13.0 Å². The first kappa shape index (κ1) is 17.0. The third-order valence-electron chi connectivity index (χ3n) is 4.44. The Bertz CT molecular complexity index is 742. The molecule has 1 fully saturated rings. The lowest BCUT2D eigenvalue weighted by Crippen LogP contribution is -2.37. The molecule has 2 heterocycles. The van der Waals surface area contributed by atoms with Crippen LogP contribution in [0.4, 0.5) is 0 Å². The number of carbonyl (C=O) groups is 1. The lowest BCUT2D eigenvalue weighted by molar-refractivity contribution is 0.0676. The molecule has 3 rings (SSSR count). The Labute approximate surface area is 146 Å². The summed E-state index contributed by atoms with van der Waals surface area (Å²) in [5.41, 5.74) is 2.05. The maximum atomic E-state index is 12.9. The van der Waals surface area contributed by atoms with Crippen LogP contribution in [-0.2, 0) is 0 Å². The molecule has 0 saturated carbocycles. The monoisotopic (exact) mass is 347 g/mol. The average molecular weight is 348 g/mol. The fourth-order valence-corrected chi connectivity index (χ4v) is 3.51. The zero-order chi connectivity index (χ0) is 17.3. The number of hydrogen-bond acceptors (Lipinski definition) is 3. The number of hydrogen-bond donors (Lipinski definition) is 2. The molecule has 0 bridgehead atoms. The number of nitrogens with zero attached hydrogens (tertiary/aromatic N) is 2. The zero-order valence-electron chi connectivity index (χ0n) is 13.9. The average Bonchev–Trinajstić information content (AvgIpc) is 3.13. The largest absolute Gasteiger partial charge is 0.393 e. The van der Waals surface area contributed by atoms with Gasteiger partial charge in [-0.25, -0.2) is 4.98 Å². The van der Waals surface area contributed by atoms with Gasteiger partial charge < -0.3 is 15.0 Å². The highest BCUT2D eigenvalue weighted by Crippen LogP contribution is 2.26. The second-order valence-corrected chi connectivity index (χ2v) is 6.89. The van der Waals surface area contributed by atoms with Crippen molar-refractivity contribution in [2.45, 2.75) is 45.3 Å². The number of aryl methyl sites for hydroxylation is 1. The van der Waals surface area contributed by atoms with Gasteiger partial charge in [-0.1, -0.05) is 23.7 Å². The van der Waals surface area contributed by atoms with E-state index in [0.29, 0.717) is 23.0 Å². The number of aliphatic hydroxyl groups is 1. The molecule has 1 aromatic heterocycles. The van der Waals surface area contributed by atoms with Crippen LogP contribution in [-0.4, -0.2) is 44.6 Å². The van der Waals surface area contributed by atoms with E-state index in [-0.39, 0.29) is 11.9 Å².